The van der Waals surface area contributed by atoms with E-state index < -0.39 is 25.6 Å². The Kier molecular flexibility index (Phi) is 9.15. The van der Waals surface area contributed by atoms with Crippen LogP contribution in [0.2, 0.25) is 0 Å². The number of nitrogens with zero attached hydrogens (tertiary/aromatic N) is 4. The second-order valence-electron chi connectivity index (χ2n) is 8.20. The Morgan fingerprint density at radius 2 is 1.86 bits per heavy atom. The van der Waals surface area contributed by atoms with E-state index >= 15 is 0 Å². The van der Waals surface area contributed by atoms with E-state index in [4.69, 9.17) is 9.47 Å². The van der Waals surface area contributed by atoms with Crippen molar-refractivity contribution in [1.82, 2.24) is 9.97 Å². The number of nitro groups is 1. The van der Waals surface area contributed by atoms with Gasteiger partial charge in [-0.1, -0.05) is 10.7 Å². The molecule has 0 saturated carbocycles. The van der Waals surface area contributed by atoms with Gasteiger partial charge >= 0.3 is 0 Å². The van der Waals surface area contributed by atoms with Crippen LogP contribution in [-0.2, 0) is 20.7 Å². The van der Waals surface area contributed by atoms with E-state index in [9.17, 15) is 18.5 Å². The summed E-state index contributed by atoms with van der Waals surface area (Å²) in [6, 6.07) is 8.59. The molecule has 0 fully saturated rings. The fourth-order valence-electron chi connectivity index (χ4n) is 3.31. The summed E-state index contributed by atoms with van der Waals surface area (Å²) in [5.74, 6) is 2.44. The molecule has 0 aliphatic rings. The lowest BCUT2D eigenvalue weighted by Crippen LogP contribution is -2.11. The van der Waals surface area contributed by atoms with Gasteiger partial charge in [0.2, 0.25) is 0 Å². The summed E-state index contributed by atoms with van der Waals surface area (Å²) in [4.78, 5) is 18.8. The van der Waals surface area contributed by atoms with Gasteiger partial charge in [-0.05, 0) is 51.1 Å². The van der Waals surface area contributed by atoms with E-state index in [1.165, 1.54) is 18.5 Å². The molecule has 13 heteroatoms. The monoisotopic (exact) mass is 535 g/mol. The SMILES string of the molecule is COc1cc2c(NC(C)C)ncnc2cc1OCCCC/S(C)=N/S(=O)(=O)c1ccc([N+](=O)[O-])cc1. The molecule has 1 N–H and O–H groups in total. The molecule has 0 aliphatic heterocycles. The van der Waals surface area contributed by atoms with Crippen molar-refractivity contribution < 1.29 is 22.8 Å². The molecule has 0 saturated heterocycles. The summed E-state index contributed by atoms with van der Waals surface area (Å²) in [5, 5.41) is 14.9. The molecular formula is C23H29N5O6S2. The molecule has 1 atom stereocenters. The third-order valence-corrected chi connectivity index (χ3v) is 8.56. The first kappa shape index (κ1) is 27.3. The van der Waals surface area contributed by atoms with Crippen molar-refractivity contribution >= 4 is 43.1 Å². The number of anilines is 1. The first-order valence-electron chi connectivity index (χ1n) is 11.2. The van der Waals surface area contributed by atoms with Crippen molar-refractivity contribution in [2.75, 3.05) is 31.0 Å². The van der Waals surface area contributed by atoms with Crippen molar-refractivity contribution in [2.24, 2.45) is 3.77 Å². The number of nitro benzene ring substituents is 1. The first-order chi connectivity index (χ1) is 17.1. The number of hydrogen-bond donors (Lipinski definition) is 1. The lowest BCUT2D eigenvalue weighted by atomic mass is 10.2. The summed E-state index contributed by atoms with van der Waals surface area (Å²) in [5.41, 5.74) is 0.557. The Hall–Kier alpha value is -3.32. The number of aromatic nitrogens is 2. The zero-order chi connectivity index (χ0) is 26.3. The summed E-state index contributed by atoms with van der Waals surface area (Å²) >= 11 is 0. The van der Waals surface area contributed by atoms with Gasteiger partial charge in [-0.3, -0.25) is 10.1 Å². The minimum absolute atomic E-state index is 0.0604. The zero-order valence-electron chi connectivity index (χ0n) is 20.5. The van der Waals surface area contributed by atoms with Gasteiger partial charge in [-0.2, -0.15) is 8.42 Å². The summed E-state index contributed by atoms with van der Waals surface area (Å²) in [6.07, 6.45) is 4.65. The van der Waals surface area contributed by atoms with Crippen LogP contribution in [0.3, 0.4) is 0 Å². The Labute approximate surface area is 212 Å². The number of ether oxygens (including phenoxy) is 2. The van der Waals surface area contributed by atoms with E-state index in [-0.39, 0.29) is 16.6 Å². The average molecular weight is 536 g/mol. The molecule has 3 rings (SSSR count). The van der Waals surface area contributed by atoms with Crippen LogP contribution in [0.5, 0.6) is 11.5 Å². The number of rotatable bonds is 12. The molecule has 0 bridgehead atoms. The number of methoxy groups -OCH3 is 1. The van der Waals surface area contributed by atoms with E-state index in [1.807, 2.05) is 26.0 Å². The number of nitrogens with one attached hydrogen (secondary N) is 1. The highest BCUT2D eigenvalue weighted by molar-refractivity contribution is 7.99. The van der Waals surface area contributed by atoms with Crippen molar-refractivity contribution in [3.05, 3.63) is 52.8 Å². The highest BCUT2D eigenvalue weighted by Gasteiger charge is 2.16. The maximum Gasteiger partial charge on any atom is 0.287 e. The lowest BCUT2D eigenvalue weighted by molar-refractivity contribution is -0.384. The predicted octanol–water partition coefficient (Wildman–Crippen LogP) is 4.35. The number of fused-ring (bicyclic) bond motifs is 1. The molecular weight excluding hydrogens is 506 g/mol. The molecule has 11 nitrogen and oxygen atoms in total. The van der Waals surface area contributed by atoms with Gasteiger partial charge in [0.15, 0.2) is 11.5 Å². The van der Waals surface area contributed by atoms with Crippen molar-refractivity contribution in [3.8, 4) is 11.5 Å². The smallest absolute Gasteiger partial charge is 0.287 e. The third-order valence-electron chi connectivity index (χ3n) is 5.01. The van der Waals surface area contributed by atoms with Crippen molar-refractivity contribution in [2.45, 2.75) is 37.6 Å². The van der Waals surface area contributed by atoms with Crippen LogP contribution >= 0.6 is 0 Å². The number of unbranched alkanes of at least 4 members (excludes halogenated alkanes) is 1. The van der Waals surface area contributed by atoms with Gasteiger partial charge in [-0.15, -0.1) is 3.77 Å². The van der Waals surface area contributed by atoms with Crippen LogP contribution in [0.1, 0.15) is 26.7 Å². The molecule has 1 heterocycles. The fraction of sp³-hybridized carbons (Fsp3) is 0.391. The molecule has 0 radical (unpaired) electrons. The normalized spacial score (nSPS) is 12.6. The molecule has 194 valence electrons. The van der Waals surface area contributed by atoms with E-state index in [2.05, 4.69) is 19.1 Å². The highest BCUT2D eigenvalue weighted by atomic mass is 32.3. The van der Waals surface area contributed by atoms with Crippen LogP contribution in [-0.4, -0.2) is 55.1 Å². The van der Waals surface area contributed by atoms with Gasteiger partial charge in [0.25, 0.3) is 15.7 Å². The van der Waals surface area contributed by atoms with Crippen LogP contribution in [0.15, 0.2) is 51.4 Å². The Balaban J connectivity index is 1.58. The Bertz CT molecular complexity index is 1360. The third kappa shape index (κ3) is 7.10. The van der Waals surface area contributed by atoms with E-state index in [0.717, 1.165) is 28.9 Å². The van der Waals surface area contributed by atoms with Gasteiger partial charge in [0.05, 0.1) is 29.1 Å². The molecule has 2 aromatic carbocycles. The van der Waals surface area contributed by atoms with Gasteiger partial charge < -0.3 is 14.8 Å². The largest absolute Gasteiger partial charge is 0.493 e. The molecule has 3 aromatic rings. The van der Waals surface area contributed by atoms with Crippen LogP contribution in [0, 0.1) is 10.1 Å². The van der Waals surface area contributed by atoms with E-state index in [1.54, 1.807) is 13.4 Å². The fourth-order valence-corrected chi connectivity index (χ4v) is 6.39. The zero-order valence-corrected chi connectivity index (χ0v) is 22.1. The maximum atomic E-state index is 12.5. The molecule has 1 unspecified atom stereocenters. The number of sulfonamides is 1. The van der Waals surface area contributed by atoms with Crippen LogP contribution in [0.25, 0.3) is 10.9 Å². The van der Waals surface area contributed by atoms with Crippen molar-refractivity contribution in [1.29, 1.82) is 0 Å². The summed E-state index contributed by atoms with van der Waals surface area (Å²) in [7, 11) is -3.04. The summed E-state index contributed by atoms with van der Waals surface area (Å²) in [6.45, 7) is 4.47. The standard InChI is InChI=1S/C23H29N5O6S2/c1-16(2)26-23-19-13-21(33-3)22(14-20(19)24-15-25-23)34-11-5-6-12-35(4)27-36(31,32)18-9-7-17(8-10-18)28(29)30/h7-10,13-16H,5-6,11-12H2,1-4H3,(H,24,25,26). The molecule has 36 heavy (non-hydrogen) atoms. The quantitative estimate of drug-likeness (QED) is 0.203. The van der Waals surface area contributed by atoms with Gasteiger partial charge in [0, 0.05) is 35.4 Å². The minimum Gasteiger partial charge on any atom is -0.493 e. The topological polar surface area (TPSA) is 146 Å². The van der Waals surface area contributed by atoms with Gasteiger partial charge in [-0.25, -0.2) is 9.97 Å². The predicted molar refractivity (Wildman–Crippen MR) is 140 cm³/mol. The number of hydrogen-bond acceptors (Lipinski definition) is 9. The average Bonchev–Trinajstić information content (AvgIpc) is 2.83. The van der Waals surface area contributed by atoms with Gasteiger partial charge in [0.1, 0.15) is 12.1 Å². The van der Waals surface area contributed by atoms with Crippen molar-refractivity contribution in [3.63, 3.8) is 0 Å². The Morgan fingerprint density at radius 3 is 2.50 bits per heavy atom. The Morgan fingerprint density at radius 1 is 1.14 bits per heavy atom. The first-order valence-corrected chi connectivity index (χ1v) is 14.4. The second-order valence-corrected chi connectivity index (χ2v) is 11.8. The molecule has 1 aromatic heterocycles. The maximum absolute atomic E-state index is 12.5. The number of benzene rings is 2. The molecule has 0 spiro atoms. The number of non-ortho nitro benzene ring substituents is 1. The minimum atomic E-state index is -3.88. The second kappa shape index (κ2) is 12.1. The molecule has 0 aliphatic carbocycles. The van der Waals surface area contributed by atoms with E-state index in [0.29, 0.717) is 36.7 Å². The lowest BCUT2D eigenvalue weighted by Gasteiger charge is -2.15. The molecule has 0 amide bonds. The van der Waals surface area contributed by atoms with Crippen LogP contribution < -0.4 is 14.8 Å². The summed E-state index contributed by atoms with van der Waals surface area (Å²) < 4.78 is 40.3. The highest BCUT2D eigenvalue weighted by Crippen LogP contribution is 2.34. The van der Waals surface area contributed by atoms with Crippen LogP contribution in [0.4, 0.5) is 11.5 Å².